The van der Waals surface area contributed by atoms with Crippen molar-refractivity contribution in [3.63, 3.8) is 0 Å². The van der Waals surface area contributed by atoms with Gasteiger partial charge in [-0.3, -0.25) is 9.59 Å². The molecule has 3 rings (SSSR count). The lowest BCUT2D eigenvalue weighted by Crippen LogP contribution is -2.39. The van der Waals surface area contributed by atoms with Gasteiger partial charge in [-0.05, 0) is 29.8 Å². The molecule has 1 aliphatic heterocycles. The van der Waals surface area contributed by atoms with Crippen molar-refractivity contribution in [1.29, 1.82) is 0 Å². The Bertz CT molecular complexity index is 860. The summed E-state index contributed by atoms with van der Waals surface area (Å²) in [7, 11) is 0. The molecule has 1 N–H and O–H groups in total. The second kappa shape index (κ2) is 7.53. The van der Waals surface area contributed by atoms with Crippen LogP contribution in [0.25, 0.3) is 0 Å². The molecule has 2 aromatic carbocycles. The molecule has 0 atom stereocenters. The Morgan fingerprint density at radius 3 is 2.58 bits per heavy atom. The van der Waals surface area contributed by atoms with Crippen molar-refractivity contribution in [2.75, 3.05) is 18.0 Å². The van der Waals surface area contributed by atoms with E-state index in [-0.39, 0.29) is 24.7 Å². The fourth-order valence-corrected chi connectivity index (χ4v) is 2.83. The van der Waals surface area contributed by atoms with Crippen molar-refractivity contribution in [3.8, 4) is 0 Å². The van der Waals surface area contributed by atoms with Crippen LogP contribution in [-0.4, -0.2) is 35.8 Å². The van der Waals surface area contributed by atoms with Gasteiger partial charge in [0.25, 0.3) is 5.91 Å². The van der Waals surface area contributed by atoms with E-state index in [0.717, 1.165) is 15.9 Å². The average molecular weight is 376 g/mol. The molecule has 1 heterocycles. The van der Waals surface area contributed by atoms with Crippen molar-refractivity contribution < 1.29 is 18.8 Å². The second-order valence-electron chi connectivity index (χ2n) is 5.72. The molecule has 4 amide bonds. The third kappa shape index (κ3) is 3.83. The zero-order valence-electron chi connectivity index (χ0n) is 13.6. The largest absolute Gasteiger partial charge is 0.350 e. The van der Waals surface area contributed by atoms with Crippen LogP contribution in [0, 0.1) is 5.82 Å². The number of anilines is 1. The number of amides is 4. The SMILES string of the molecule is O=C(CN1CC(=O)N(c2ccccc2)C1=O)NCc1ccc(F)cc1Cl. The fraction of sp³-hybridized carbons (Fsp3) is 0.167. The molecule has 0 radical (unpaired) electrons. The molecule has 26 heavy (non-hydrogen) atoms. The summed E-state index contributed by atoms with van der Waals surface area (Å²) in [6.07, 6.45) is 0. The van der Waals surface area contributed by atoms with Gasteiger partial charge in [0.15, 0.2) is 0 Å². The van der Waals surface area contributed by atoms with Gasteiger partial charge in [0.1, 0.15) is 18.9 Å². The highest BCUT2D eigenvalue weighted by atomic mass is 35.5. The number of benzene rings is 2. The third-order valence-corrected chi connectivity index (χ3v) is 4.23. The number of para-hydroxylation sites is 1. The first-order valence-corrected chi connectivity index (χ1v) is 8.21. The number of rotatable bonds is 5. The molecule has 134 valence electrons. The van der Waals surface area contributed by atoms with Crippen LogP contribution < -0.4 is 10.2 Å². The number of nitrogens with zero attached hydrogens (tertiary/aromatic N) is 2. The molecular formula is C18H15ClFN3O3. The van der Waals surface area contributed by atoms with Gasteiger partial charge in [-0.2, -0.15) is 0 Å². The molecule has 6 nitrogen and oxygen atoms in total. The molecule has 1 aliphatic rings. The van der Waals surface area contributed by atoms with Gasteiger partial charge >= 0.3 is 6.03 Å². The molecule has 0 bridgehead atoms. The Morgan fingerprint density at radius 2 is 1.88 bits per heavy atom. The highest BCUT2D eigenvalue weighted by molar-refractivity contribution is 6.31. The normalized spacial score (nSPS) is 14.1. The van der Waals surface area contributed by atoms with E-state index in [4.69, 9.17) is 11.6 Å². The van der Waals surface area contributed by atoms with Crippen LogP contribution in [0.5, 0.6) is 0 Å². The van der Waals surface area contributed by atoms with Crippen LogP contribution in [0.2, 0.25) is 5.02 Å². The van der Waals surface area contributed by atoms with Crippen molar-refractivity contribution in [2.45, 2.75) is 6.54 Å². The van der Waals surface area contributed by atoms with Gasteiger partial charge in [-0.25, -0.2) is 14.1 Å². The Balaban J connectivity index is 1.59. The van der Waals surface area contributed by atoms with Gasteiger partial charge in [0, 0.05) is 11.6 Å². The lowest BCUT2D eigenvalue weighted by atomic mass is 10.2. The van der Waals surface area contributed by atoms with Gasteiger partial charge in [0.05, 0.1) is 5.69 Å². The Hall–Kier alpha value is -2.93. The van der Waals surface area contributed by atoms with Crippen LogP contribution in [0.15, 0.2) is 48.5 Å². The lowest BCUT2D eigenvalue weighted by molar-refractivity contribution is -0.122. The zero-order valence-corrected chi connectivity index (χ0v) is 14.4. The minimum atomic E-state index is -0.545. The van der Waals surface area contributed by atoms with E-state index < -0.39 is 23.7 Å². The molecule has 0 aliphatic carbocycles. The first kappa shape index (κ1) is 17.9. The van der Waals surface area contributed by atoms with Crippen molar-refractivity contribution in [1.82, 2.24) is 10.2 Å². The Labute approximate surface area is 154 Å². The van der Waals surface area contributed by atoms with Gasteiger partial charge in [0.2, 0.25) is 5.91 Å². The van der Waals surface area contributed by atoms with E-state index in [2.05, 4.69) is 5.32 Å². The lowest BCUT2D eigenvalue weighted by Gasteiger charge is -2.17. The number of urea groups is 1. The third-order valence-electron chi connectivity index (χ3n) is 3.88. The Kier molecular flexibility index (Phi) is 5.18. The Morgan fingerprint density at radius 1 is 1.15 bits per heavy atom. The molecule has 8 heteroatoms. The first-order chi connectivity index (χ1) is 12.5. The van der Waals surface area contributed by atoms with Crippen LogP contribution in [0.3, 0.4) is 0 Å². The van der Waals surface area contributed by atoms with Crippen molar-refractivity contribution >= 4 is 35.1 Å². The monoisotopic (exact) mass is 375 g/mol. The van der Waals surface area contributed by atoms with Crippen LogP contribution >= 0.6 is 11.6 Å². The van der Waals surface area contributed by atoms with Crippen LogP contribution in [-0.2, 0) is 16.1 Å². The summed E-state index contributed by atoms with van der Waals surface area (Å²) >= 11 is 5.91. The van der Waals surface area contributed by atoms with Gasteiger partial charge in [-0.15, -0.1) is 0 Å². The first-order valence-electron chi connectivity index (χ1n) is 7.83. The maximum atomic E-state index is 13.0. The van der Waals surface area contributed by atoms with E-state index in [1.165, 1.54) is 12.1 Å². The summed E-state index contributed by atoms with van der Waals surface area (Å²) in [5.74, 6) is -1.30. The number of hydrogen-bond donors (Lipinski definition) is 1. The molecular weight excluding hydrogens is 361 g/mol. The minimum Gasteiger partial charge on any atom is -0.350 e. The molecule has 0 spiro atoms. The standard InChI is InChI=1S/C18H15ClFN3O3/c19-15-8-13(20)7-6-12(15)9-21-16(24)10-22-11-17(25)23(18(22)26)14-4-2-1-3-5-14/h1-8H,9-11H2,(H,21,24). The second-order valence-corrected chi connectivity index (χ2v) is 6.12. The summed E-state index contributed by atoms with van der Waals surface area (Å²) in [6.45, 7) is -0.332. The molecule has 1 saturated heterocycles. The topological polar surface area (TPSA) is 69.7 Å². The van der Waals surface area contributed by atoms with E-state index in [0.29, 0.717) is 11.3 Å². The molecule has 1 fully saturated rings. The van der Waals surface area contributed by atoms with Gasteiger partial charge in [-0.1, -0.05) is 35.9 Å². The summed E-state index contributed by atoms with van der Waals surface area (Å²) in [5.41, 5.74) is 1.01. The summed E-state index contributed by atoms with van der Waals surface area (Å²) in [4.78, 5) is 38.8. The predicted octanol–water partition coefficient (Wildman–Crippen LogP) is 2.56. The number of carbonyl (C=O) groups is 3. The molecule has 0 aromatic heterocycles. The average Bonchev–Trinajstić information content (AvgIpc) is 2.88. The van der Waals surface area contributed by atoms with Crippen LogP contribution in [0.1, 0.15) is 5.56 Å². The quantitative estimate of drug-likeness (QED) is 0.816. The van der Waals surface area contributed by atoms with E-state index in [1.54, 1.807) is 30.3 Å². The van der Waals surface area contributed by atoms with Gasteiger partial charge < -0.3 is 10.2 Å². The number of halogens is 2. The number of hydrogen-bond acceptors (Lipinski definition) is 3. The maximum absolute atomic E-state index is 13.0. The fourth-order valence-electron chi connectivity index (χ4n) is 2.59. The summed E-state index contributed by atoms with van der Waals surface area (Å²) in [5, 5.41) is 2.81. The van der Waals surface area contributed by atoms with E-state index >= 15 is 0 Å². The smallest absolute Gasteiger partial charge is 0.332 e. The summed E-state index contributed by atoms with van der Waals surface area (Å²) in [6, 6.07) is 11.8. The molecule has 0 saturated carbocycles. The van der Waals surface area contributed by atoms with Crippen LogP contribution in [0.4, 0.5) is 14.9 Å². The highest BCUT2D eigenvalue weighted by Gasteiger charge is 2.37. The maximum Gasteiger partial charge on any atom is 0.332 e. The number of nitrogens with one attached hydrogen (secondary N) is 1. The van der Waals surface area contributed by atoms with E-state index in [9.17, 15) is 18.8 Å². The summed E-state index contributed by atoms with van der Waals surface area (Å²) < 4.78 is 13.0. The predicted molar refractivity (Wildman–Crippen MR) is 94.2 cm³/mol. The zero-order chi connectivity index (χ0) is 18.7. The molecule has 2 aromatic rings. The highest BCUT2D eigenvalue weighted by Crippen LogP contribution is 2.21. The molecule has 0 unspecified atom stereocenters. The van der Waals surface area contributed by atoms with E-state index in [1.807, 2.05) is 0 Å². The number of imide groups is 1. The minimum absolute atomic E-state index is 0.0936. The number of carbonyl (C=O) groups excluding carboxylic acids is 3. The van der Waals surface area contributed by atoms with Crippen molar-refractivity contribution in [3.05, 3.63) is 64.9 Å². The van der Waals surface area contributed by atoms with Crippen molar-refractivity contribution in [2.24, 2.45) is 0 Å².